The van der Waals surface area contributed by atoms with Gasteiger partial charge in [-0.3, -0.25) is 9.48 Å². The molecule has 1 amide bonds. The molecule has 3 rings (SSSR count). The van der Waals surface area contributed by atoms with E-state index in [2.05, 4.69) is 22.8 Å². The van der Waals surface area contributed by atoms with E-state index in [9.17, 15) is 9.90 Å². The van der Waals surface area contributed by atoms with Crippen LogP contribution < -0.4 is 0 Å². The van der Waals surface area contributed by atoms with Gasteiger partial charge in [0.1, 0.15) is 0 Å². The number of likely N-dealkylation sites (tertiary alicyclic amines) is 1. The number of nitrogens with zero attached hydrogens (tertiary/aromatic N) is 3. The maximum atomic E-state index is 12.5. The van der Waals surface area contributed by atoms with Crippen LogP contribution in [0.2, 0.25) is 0 Å². The number of aliphatic hydroxyl groups is 1. The standard InChI is InChI=1S/C20H27N3O2/c1-15-12-16(2)23(21-15)14-17-8-10-22(11-9-17)20(25)13-19(24)18-6-4-3-5-7-18/h3-7,12,17,19,24H,8-11,13-14H2,1-2H3. The molecule has 1 aliphatic heterocycles. The molecule has 1 saturated heterocycles. The minimum atomic E-state index is -0.721. The lowest BCUT2D eigenvalue weighted by molar-refractivity contribution is -0.134. The zero-order valence-electron chi connectivity index (χ0n) is 15.1. The van der Waals surface area contributed by atoms with Gasteiger partial charge in [-0.15, -0.1) is 0 Å². The van der Waals surface area contributed by atoms with Crippen molar-refractivity contribution >= 4 is 5.91 Å². The minimum absolute atomic E-state index is 0.0425. The van der Waals surface area contributed by atoms with Crippen molar-refractivity contribution in [2.24, 2.45) is 5.92 Å². The maximum Gasteiger partial charge on any atom is 0.225 e. The van der Waals surface area contributed by atoms with Gasteiger partial charge < -0.3 is 10.0 Å². The van der Waals surface area contributed by atoms with E-state index in [-0.39, 0.29) is 12.3 Å². The van der Waals surface area contributed by atoms with E-state index >= 15 is 0 Å². The summed E-state index contributed by atoms with van der Waals surface area (Å²) in [6.07, 6.45) is 1.42. The second-order valence-corrected chi connectivity index (χ2v) is 7.06. The van der Waals surface area contributed by atoms with Crippen LogP contribution in [0, 0.1) is 19.8 Å². The zero-order chi connectivity index (χ0) is 17.8. The van der Waals surface area contributed by atoms with Gasteiger partial charge >= 0.3 is 0 Å². The lowest BCUT2D eigenvalue weighted by atomic mass is 9.96. The lowest BCUT2D eigenvalue weighted by Crippen LogP contribution is -2.40. The number of rotatable bonds is 5. The first kappa shape index (κ1) is 17.7. The van der Waals surface area contributed by atoms with Crippen molar-refractivity contribution in [1.29, 1.82) is 0 Å². The van der Waals surface area contributed by atoms with Crippen LogP contribution in [0.4, 0.5) is 0 Å². The number of aryl methyl sites for hydroxylation is 2. The summed E-state index contributed by atoms with van der Waals surface area (Å²) in [6.45, 7) is 6.56. The van der Waals surface area contributed by atoms with Crippen molar-refractivity contribution < 1.29 is 9.90 Å². The number of carbonyl (C=O) groups excluding carboxylic acids is 1. The van der Waals surface area contributed by atoms with Gasteiger partial charge in [-0.1, -0.05) is 30.3 Å². The molecule has 0 bridgehead atoms. The Morgan fingerprint density at radius 3 is 2.52 bits per heavy atom. The number of piperidine rings is 1. The lowest BCUT2D eigenvalue weighted by Gasteiger charge is -2.32. The highest BCUT2D eigenvalue weighted by molar-refractivity contribution is 5.77. The first-order chi connectivity index (χ1) is 12.0. The average Bonchev–Trinajstić information content (AvgIpc) is 2.93. The van der Waals surface area contributed by atoms with E-state index in [1.807, 2.05) is 42.2 Å². The summed E-state index contributed by atoms with van der Waals surface area (Å²) >= 11 is 0. The van der Waals surface area contributed by atoms with Crippen LogP contribution in [0.1, 0.15) is 42.3 Å². The highest BCUT2D eigenvalue weighted by Gasteiger charge is 2.25. The Labute approximate surface area is 149 Å². The van der Waals surface area contributed by atoms with E-state index in [4.69, 9.17) is 0 Å². The second-order valence-electron chi connectivity index (χ2n) is 7.06. The minimum Gasteiger partial charge on any atom is -0.388 e. The molecule has 0 saturated carbocycles. The Bertz CT molecular complexity index is 703. The zero-order valence-corrected chi connectivity index (χ0v) is 15.1. The fourth-order valence-corrected chi connectivity index (χ4v) is 3.56. The Morgan fingerprint density at radius 1 is 1.24 bits per heavy atom. The second kappa shape index (κ2) is 7.83. The highest BCUT2D eigenvalue weighted by Crippen LogP contribution is 2.23. The Hall–Kier alpha value is -2.14. The van der Waals surface area contributed by atoms with E-state index in [0.717, 1.165) is 43.7 Å². The Balaban J connectivity index is 1.48. The van der Waals surface area contributed by atoms with Crippen molar-refractivity contribution in [3.05, 3.63) is 53.3 Å². The number of hydrogen-bond donors (Lipinski definition) is 1. The average molecular weight is 341 g/mol. The van der Waals surface area contributed by atoms with Crippen molar-refractivity contribution in [2.75, 3.05) is 13.1 Å². The van der Waals surface area contributed by atoms with Gasteiger partial charge in [-0.25, -0.2) is 0 Å². The molecule has 0 radical (unpaired) electrons. The van der Waals surface area contributed by atoms with Gasteiger partial charge in [0.2, 0.25) is 5.91 Å². The normalized spacial score (nSPS) is 16.8. The number of benzene rings is 1. The third-order valence-corrected chi connectivity index (χ3v) is 5.05. The number of aromatic nitrogens is 2. The number of aliphatic hydroxyl groups excluding tert-OH is 1. The highest BCUT2D eigenvalue weighted by atomic mass is 16.3. The third-order valence-electron chi connectivity index (χ3n) is 5.05. The van der Waals surface area contributed by atoms with Gasteiger partial charge in [-0.2, -0.15) is 5.10 Å². The number of hydrogen-bond acceptors (Lipinski definition) is 3. The molecule has 2 heterocycles. The summed E-state index contributed by atoms with van der Waals surface area (Å²) in [4.78, 5) is 14.3. The molecular weight excluding hydrogens is 314 g/mol. The van der Waals surface area contributed by atoms with Crippen LogP contribution in [0.15, 0.2) is 36.4 Å². The van der Waals surface area contributed by atoms with Crippen LogP contribution >= 0.6 is 0 Å². The van der Waals surface area contributed by atoms with E-state index in [1.54, 1.807) is 0 Å². The van der Waals surface area contributed by atoms with Gasteiger partial charge in [-0.05, 0) is 44.2 Å². The predicted octanol–water partition coefficient (Wildman–Crippen LogP) is 2.86. The molecular formula is C20H27N3O2. The molecule has 1 N–H and O–H groups in total. The van der Waals surface area contributed by atoms with Crippen LogP contribution in [0.3, 0.4) is 0 Å². The molecule has 25 heavy (non-hydrogen) atoms. The van der Waals surface area contributed by atoms with E-state index in [0.29, 0.717) is 5.92 Å². The molecule has 0 aliphatic carbocycles. The summed E-state index contributed by atoms with van der Waals surface area (Å²) in [5, 5.41) is 14.8. The summed E-state index contributed by atoms with van der Waals surface area (Å²) in [5.41, 5.74) is 3.05. The molecule has 1 atom stereocenters. The Morgan fingerprint density at radius 2 is 1.92 bits per heavy atom. The van der Waals surface area contributed by atoms with Crippen molar-refractivity contribution in [3.63, 3.8) is 0 Å². The predicted molar refractivity (Wildman–Crippen MR) is 97.0 cm³/mol. The van der Waals surface area contributed by atoms with Gasteiger partial charge in [0.05, 0.1) is 18.2 Å². The maximum absolute atomic E-state index is 12.5. The largest absolute Gasteiger partial charge is 0.388 e. The Kier molecular flexibility index (Phi) is 5.53. The summed E-state index contributed by atoms with van der Waals surface area (Å²) < 4.78 is 2.08. The molecule has 1 fully saturated rings. The third kappa shape index (κ3) is 4.48. The molecule has 1 aliphatic rings. The molecule has 5 nitrogen and oxygen atoms in total. The fourth-order valence-electron chi connectivity index (χ4n) is 3.56. The summed E-state index contributed by atoms with van der Waals surface area (Å²) in [5.74, 6) is 0.599. The van der Waals surface area contributed by atoms with Crippen molar-refractivity contribution in [2.45, 2.75) is 45.8 Å². The topological polar surface area (TPSA) is 58.4 Å². The summed E-state index contributed by atoms with van der Waals surface area (Å²) in [6, 6.07) is 11.5. The van der Waals surface area contributed by atoms with Crippen molar-refractivity contribution in [1.82, 2.24) is 14.7 Å². The van der Waals surface area contributed by atoms with Crippen LogP contribution in [0.25, 0.3) is 0 Å². The first-order valence-electron chi connectivity index (χ1n) is 9.05. The summed E-state index contributed by atoms with van der Waals surface area (Å²) in [7, 11) is 0. The van der Waals surface area contributed by atoms with E-state index < -0.39 is 6.10 Å². The van der Waals surface area contributed by atoms with Crippen LogP contribution in [-0.2, 0) is 11.3 Å². The molecule has 2 aromatic rings. The molecule has 134 valence electrons. The van der Waals surface area contributed by atoms with E-state index in [1.165, 1.54) is 5.69 Å². The molecule has 1 aromatic carbocycles. The van der Waals surface area contributed by atoms with Gasteiger partial charge in [0.15, 0.2) is 0 Å². The smallest absolute Gasteiger partial charge is 0.225 e. The van der Waals surface area contributed by atoms with Gasteiger partial charge in [0.25, 0.3) is 0 Å². The first-order valence-corrected chi connectivity index (χ1v) is 9.05. The number of carbonyl (C=O) groups is 1. The molecule has 1 aromatic heterocycles. The molecule has 5 heteroatoms. The van der Waals surface area contributed by atoms with Gasteiger partial charge in [0, 0.05) is 25.3 Å². The fraction of sp³-hybridized carbons (Fsp3) is 0.500. The molecule has 1 unspecified atom stereocenters. The van der Waals surface area contributed by atoms with Crippen molar-refractivity contribution in [3.8, 4) is 0 Å². The number of amides is 1. The molecule has 0 spiro atoms. The quantitative estimate of drug-likeness (QED) is 0.910. The SMILES string of the molecule is Cc1cc(C)n(CC2CCN(C(=O)CC(O)c3ccccc3)CC2)n1. The monoisotopic (exact) mass is 341 g/mol. The van der Waals surface area contributed by atoms with Crippen LogP contribution in [0.5, 0.6) is 0 Å². The van der Waals surface area contributed by atoms with Crippen LogP contribution in [-0.4, -0.2) is 38.8 Å².